The van der Waals surface area contributed by atoms with E-state index in [-0.39, 0.29) is 5.97 Å². The number of ether oxygens (including phenoxy) is 2. The number of hydrogen-bond acceptors (Lipinski definition) is 3. The molecule has 0 N–H and O–H groups in total. The molecule has 0 aliphatic rings. The highest BCUT2D eigenvalue weighted by Gasteiger charge is 2.12. The van der Waals surface area contributed by atoms with Crippen molar-refractivity contribution in [1.82, 2.24) is 0 Å². The smallest absolute Gasteiger partial charge is 0.334 e. The van der Waals surface area contributed by atoms with E-state index < -0.39 is 6.10 Å². The fourth-order valence-corrected chi connectivity index (χ4v) is 1.14. The number of methoxy groups -OCH3 is 1. The Balaban J connectivity index is 2.43. The Bertz CT molecular complexity index is 316. The lowest BCUT2D eigenvalue weighted by Crippen LogP contribution is -2.21. The SMILES string of the molecule is COC(=O)[C@H](C)OCc1ccc(C)cc1. The standard InChI is InChI=1S/C12H16O3/c1-9-4-6-11(7-5-9)8-15-10(2)12(13)14-3/h4-7,10H,8H2,1-3H3/t10-/m0/s1. The molecular formula is C12H16O3. The molecule has 0 radical (unpaired) electrons. The molecule has 0 fully saturated rings. The second-order valence-electron chi connectivity index (χ2n) is 3.46. The van der Waals surface area contributed by atoms with Crippen LogP contribution in [0, 0.1) is 6.92 Å². The molecule has 0 bridgehead atoms. The van der Waals surface area contributed by atoms with Crippen molar-refractivity contribution in [2.24, 2.45) is 0 Å². The number of carbonyl (C=O) groups excluding carboxylic acids is 1. The summed E-state index contributed by atoms with van der Waals surface area (Å²) in [6.45, 7) is 4.14. The molecule has 3 nitrogen and oxygen atoms in total. The maximum absolute atomic E-state index is 11.0. The summed E-state index contributed by atoms with van der Waals surface area (Å²) in [5.74, 6) is -0.345. The molecule has 15 heavy (non-hydrogen) atoms. The van der Waals surface area contributed by atoms with Crippen LogP contribution in [-0.4, -0.2) is 19.2 Å². The third-order valence-corrected chi connectivity index (χ3v) is 2.15. The molecule has 0 saturated carbocycles. The zero-order valence-electron chi connectivity index (χ0n) is 9.32. The predicted octanol–water partition coefficient (Wildman–Crippen LogP) is 2.07. The summed E-state index contributed by atoms with van der Waals surface area (Å²) < 4.78 is 9.90. The molecular weight excluding hydrogens is 192 g/mol. The van der Waals surface area contributed by atoms with Crippen molar-refractivity contribution in [3.05, 3.63) is 35.4 Å². The van der Waals surface area contributed by atoms with Crippen molar-refractivity contribution in [2.75, 3.05) is 7.11 Å². The average molecular weight is 208 g/mol. The molecule has 1 atom stereocenters. The zero-order valence-corrected chi connectivity index (χ0v) is 9.32. The highest BCUT2D eigenvalue weighted by molar-refractivity contribution is 5.73. The van der Waals surface area contributed by atoms with E-state index in [1.54, 1.807) is 6.92 Å². The van der Waals surface area contributed by atoms with Crippen LogP contribution in [0.3, 0.4) is 0 Å². The second kappa shape index (κ2) is 5.51. The highest BCUT2D eigenvalue weighted by atomic mass is 16.6. The van der Waals surface area contributed by atoms with E-state index in [0.717, 1.165) is 5.56 Å². The third kappa shape index (κ3) is 3.72. The van der Waals surface area contributed by atoms with Gasteiger partial charge in [-0.2, -0.15) is 0 Å². The van der Waals surface area contributed by atoms with Gasteiger partial charge >= 0.3 is 5.97 Å². The molecule has 0 unspecified atom stereocenters. The fourth-order valence-electron chi connectivity index (χ4n) is 1.14. The first-order chi connectivity index (χ1) is 7.13. The van der Waals surface area contributed by atoms with E-state index in [0.29, 0.717) is 6.61 Å². The van der Waals surface area contributed by atoms with Gasteiger partial charge in [0.15, 0.2) is 6.10 Å². The number of aryl methyl sites for hydroxylation is 1. The van der Waals surface area contributed by atoms with Crippen LogP contribution in [0.25, 0.3) is 0 Å². The summed E-state index contributed by atoms with van der Waals surface area (Å²) in [4.78, 5) is 11.0. The average Bonchev–Trinajstić information content (AvgIpc) is 2.26. The summed E-state index contributed by atoms with van der Waals surface area (Å²) in [7, 11) is 1.36. The van der Waals surface area contributed by atoms with E-state index in [9.17, 15) is 4.79 Å². The number of benzene rings is 1. The summed E-state index contributed by atoms with van der Waals surface area (Å²) >= 11 is 0. The molecule has 0 saturated heterocycles. The Morgan fingerprint density at radius 2 is 1.93 bits per heavy atom. The molecule has 1 rings (SSSR count). The number of rotatable bonds is 4. The molecule has 82 valence electrons. The van der Waals surface area contributed by atoms with Gasteiger partial charge in [-0.05, 0) is 19.4 Å². The summed E-state index contributed by atoms with van der Waals surface area (Å²) in [6.07, 6.45) is -0.517. The van der Waals surface area contributed by atoms with Gasteiger partial charge in [0.05, 0.1) is 13.7 Å². The predicted molar refractivity (Wildman–Crippen MR) is 57.4 cm³/mol. The highest BCUT2D eigenvalue weighted by Crippen LogP contribution is 2.06. The summed E-state index contributed by atoms with van der Waals surface area (Å²) in [6, 6.07) is 8.00. The van der Waals surface area contributed by atoms with Crippen LogP contribution < -0.4 is 0 Å². The minimum absolute atomic E-state index is 0.345. The zero-order chi connectivity index (χ0) is 11.3. The quantitative estimate of drug-likeness (QED) is 0.710. The van der Waals surface area contributed by atoms with E-state index in [1.807, 2.05) is 31.2 Å². The van der Waals surface area contributed by atoms with Crippen molar-refractivity contribution in [1.29, 1.82) is 0 Å². The molecule has 1 aromatic carbocycles. The molecule has 0 aliphatic carbocycles. The first-order valence-electron chi connectivity index (χ1n) is 4.88. The Kier molecular flexibility index (Phi) is 4.31. The maximum atomic E-state index is 11.0. The van der Waals surface area contributed by atoms with Crippen LogP contribution in [0.4, 0.5) is 0 Å². The van der Waals surface area contributed by atoms with Crippen LogP contribution in [0.1, 0.15) is 18.1 Å². The molecule has 0 aliphatic heterocycles. The van der Waals surface area contributed by atoms with Crippen LogP contribution in [0.5, 0.6) is 0 Å². The van der Waals surface area contributed by atoms with Crippen LogP contribution >= 0.6 is 0 Å². The van der Waals surface area contributed by atoms with Crippen molar-refractivity contribution < 1.29 is 14.3 Å². The topological polar surface area (TPSA) is 35.5 Å². The largest absolute Gasteiger partial charge is 0.467 e. The van der Waals surface area contributed by atoms with Gasteiger partial charge in [-0.1, -0.05) is 29.8 Å². The van der Waals surface area contributed by atoms with Gasteiger partial charge in [-0.15, -0.1) is 0 Å². The van der Waals surface area contributed by atoms with Gasteiger partial charge in [0, 0.05) is 0 Å². The molecule has 0 spiro atoms. The molecule has 0 amide bonds. The van der Waals surface area contributed by atoms with Crippen molar-refractivity contribution in [2.45, 2.75) is 26.6 Å². The Labute approximate surface area is 90.0 Å². The van der Waals surface area contributed by atoms with Crippen LogP contribution in [0.2, 0.25) is 0 Å². The number of hydrogen-bond donors (Lipinski definition) is 0. The second-order valence-corrected chi connectivity index (χ2v) is 3.46. The van der Waals surface area contributed by atoms with E-state index >= 15 is 0 Å². The van der Waals surface area contributed by atoms with Gasteiger partial charge in [-0.3, -0.25) is 0 Å². The van der Waals surface area contributed by atoms with Gasteiger partial charge < -0.3 is 9.47 Å². The number of esters is 1. The Morgan fingerprint density at radius 3 is 2.47 bits per heavy atom. The number of carbonyl (C=O) groups is 1. The van der Waals surface area contributed by atoms with E-state index in [1.165, 1.54) is 12.7 Å². The fraction of sp³-hybridized carbons (Fsp3) is 0.417. The van der Waals surface area contributed by atoms with Gasteiger partial charge in [0.2, 0.25) is 0 Å². The Hall–Kier alpha value is -1.35. The van der Waals surface area contributed by atoms with Gasteiger partial charge in [0.1, 0.15) is 0 Å². The van der Waals surface area contributed by atoms with Crippen molar-refractivity contribution in [3.8, 4) is 0 Å². The van der Waals surface area contributed by atoms with Crippen LogP contribution in [-0.2, 0) is 20.9 Å². The molecule has 0 heterocycles. The Morgan fingerprint density at radius 1 is 1.33 bits per heavy atom. The minimum atomic E-state index is -0.517. The van der Waals surface area contributed by atoms with Crippen molar-refractivity contribution >= 4 is 5.97 Å². The minimum Gasteiger partial charge on any atom is -0.467 e. The first-order valence-corrected chi connectivity index (χ1v) is 4.88. The van der Waals surface area contributed by atoms with Crippen molar-refractivity contribution in [3.63, 3.8) is 0 Å². The van der Waals surface area contributed by atoms with E-state index in [4.69, 9.17) is 4.74 Å². The summed E-state index contributed by atoms with van der Waals surface area (Å²) in [5, 5.41) is 0. The lowest BCUT2D eigenvalue weighted by Gasteiger charge is -2.10. The normalized spacial score (nSPS) is 12.2. The lowest BCUT2D eigenvalue weighted by atomic mass is 10.2. The summed E-state index contributed by atoms with van der Waals surface area (Å²) in [5.41, 5.74) is 2.26. The lowest BCUT2D eigenvalue weighted by molar-refractivity contribution is -0.153. The van der Waals surface area contributed by atoms with E-state index in [2.05, 4.69) is 4.74 Å². The van der Waals surface area contributed by atoms with Gasteiger partial charge in [0.25, 0.3) is 0 Å². The molecule has 1 aromatic rings. The monoisotopic (exact) mass is 208 g/mol. The first kappa shape index (κ1) is 11.7. The third-order valence-electron chi connectivity index (χ3n) is 2.15. The molecule has 0 aromatic heterocycles. The van der Waals surface area contributed by atoms with Crippen LogP contribution in [0.15, 0.2) is 24.3 Å². The van der Waals surface area contributed by atoms with Gasteiger partial charge in [-0.25, -0.2) is 4.79 Å². The maximum Gasteiger partial charge on any atom is 0.334 e. The molecule has 3 heteroatoms.